The number of ether oxygens (including phenoxy) is 1. The normalized spacial score (nSPS) is 14.9. The number of benzene rings is 1. The Labute approximate surface area is 82.3 Å². The van der Waals surface area contributed by atoms with Gasteiger partial charge in [0.25, 0.3) is 0 Å². The SMILES string of the molecule is COc1c(O)cccc1C(C)(F)CN. The van der Waals surface area contributed by atoms with Crippen LogP contribution in [0.3, 0.4) is 0 Å². The molecule has 0 radical (unpaired) electrons. The molecule has 3 nitrogen and oxygen atoms in total. The predicted molar refractivity (Wildman–Crippen MR) is 52.2 cm³/mol. The van der Waals surface area contributed by atoms with Crippen molar-refractivity contribution in [3.05, 3.63) is 23.8 Å². The van der Waals surface area contributed by atoms with Crippen LogP contribution in [0.25, 0.3) is 0 Å². The minimum atomic E-state index is -1.69. The molecule has 78 valence electrons. The Kier molecular flexibility index (Phi) is 2.96. The highest BCUT2D eigenvalue weighted by molar-refractivity contribution is 5.48. The molecule has 0 bridgehead atoms. The summed E-state index contributed by atoms with van der Waals surface area (Å²) in [6.07, 6.45) is 0. The number of phenolic OH excluding ortho intramolecular Hbond substituents is 1. The number of rotatable bonds is 3. The molecule has 0 amide bonds. The number of methoxy groups -OCH3 is 1. The van der Waals surface area contributed by atoms with Crippen LogP contribution >= 0.6 is 0 Å². The fourth-order valence-electron chi connectivity index (χ4n) is 1.26. The fourth-order valence-corrected chi connectivity index (χ4v) is 1.26. The van der Waals surface area contributed by atoms with Crippen LogP contribution in [0, 0.1) is 0 Å². The summed E-state index contributed by atoms with van der Waals surface area (Å²) in [4.78, 5) is 0. The lowest BCUT2D eigenvalue weighted by Gasteiger charge is -2.21. The van der Waals surface area contributed by atoms with Crippen LogP contribution in [-0.2, 0) is 5.67 Å². The van der Waals surface area contributed by atoms with Gasteiger partial charge in [-0.2, -0.15) is 0 Å². The van der Waals surface area contributed by atoms with E-state index in [1.165, 1.54) is 20.1 Å². The molecule has 1 rings (SSSR count). The Morgan fingerprint density at radius 3 is 2.71 bits per heavy atom. The Hall–Kier alpha value is -1.29. The van der Waals surface area contributed by atoms with Gasteiger partial charge >= 0.3 is 0 Å². The van der Waals surface area contributed by atoms with Crippen LogP contribution in [-0.4, -0.2) is 18.8 Å². The number of phenols is 1. The molecule has 4 heteroatoms. The first kappa shape index (κ1) is 10.8. The predicted octanol–water partition coefficient (Wildman–Crippen LogP) is 1.54. The topological polar surface area (TPSA) is 55.5 Å². The van der Waals surface area contributed by atoms with E-state index in [2.05, 4.69) is 0 Å². The summed E-state index contributed by atoms with van der Waals surface area (Å²) in [6, 6.07) is 4.54. The van der Waals surface area contributed by atoms with E-state index in [9.17, 15) is 9.50 Å². The van der Waals surface area contributed by atoms with Gasteiger partial charge in [-0.25, -0.2) is 4.39 Å². The molecule has 0 spiro atoms. The second kappa shape index (κ2) is 3.84. The molecule has 14 heavy (non-hydrogen) atoms. The number of aromatic hydroxyl groups is 1. The fraction of sp³-hybridized carbons (Fsp3) is 0.400. The highest BCUT2D eigenvalue weighted by Crippen LogP contribution is 2.38. The van der Waals surface area contributed by atoms with Crippen LogP contribution in [0.5, 0.6) is 11.5 Å². The molecule has 0 aliphatic carbocycles. The molecular weight excluding hydrogens is 185 g/mol. The zero-order chi connectivity index (χ0) is 10.8. The van der Waals surface area contributed by atoms with Gasteiger partial charge in [-0.1, -0.05) is 12.1 Å². The van der Waals surface area contributed by atoms with Crippen molar-refractivity contribution in [2.24, 2.45) is 5.73 Å². The number of hydrogen-bond donors (Lipinski definition) is 2. The van der Waals surface area contributed by atoms with Crippen molar-refractivity contribution in [1.29, 1.82) is 0 Å². The summed E-state index contributed by atoms with van der Waals surface area (Å²) in [6.45, 7) is 1.19. The van der Waals surface area contributed by atoms with Gasteiger partial charge in [-0.15, -0.1) is 0 Å². The highest BCUT2D eigenvalue weighted by Gasteiger charge is 2.28. The summed E-state index contributed by atoms with van der Waals surface area (Å²) in [5, 5.41) is 9.42. The first-order chi connectivity index (χ1) is 6.53. The Morgan fingerprint density at radius 2 is 2.21 bits per heavy atom. The van der Waals surface area contributed by atoms with Gasteiger partial charge in [0.05, 0.1) is 7.11 Å². The van der Waals surface area contributed by atoms with Crippen molar-refractivity contribution in [3.63, 3.8) is 0 Å². The van der Waals surface area contributed by atoms with E-state index < -0.39 is 5.67 Å². The summed E-state index contributed by atoms with van der Waals surface area (Å²) >= 11 is 0. The molecule has 0 saturated heterocycles. The Morgan fingerprint density at radius 1 is 1.57 bits per heavy atom. The molecule has 0 heterocycles. The second-order valence-corrected chi connectivity index (χ2v) is 3.26. The van der Waals surface area contributed by atoms with E-state index in [-0.39, 0.29) is 23.6 Å². The third kappa shape index (κ3) is 1.80. The van der Waals surface area contributed by atoms with Gasteiger partial charge in [0, 0.05) is 12.1 Å². The summed E-state index contributed by atoms with van der Waals surface area (Å²) < 4.78 is 18.8. The van der Waals surface area contributed by atoms with E-state index in [1.54, 1.807) is 12.1 Å². The number of nitrogens with two attached hydrogens (primary N) is 1. The quantitative estimate of drug-likeness (QED) is 0.776. The van der Waals surface area contributed by atoms with Gasteiger partial charge < -0.3 is 15.6 Å². The number of hydrogen-bond acceptors (Lipinski definition) is 3. The third-order valence-electron chi connectivity index (χ3n) is 2.14. The molecule has 0 aliphatic rings. The van der Waals surface area contributed by atoms with Gasteiger partial charge in [-0.3, -0.25) is 0 Å². The van der Waals surface area contributed by atoms with E-state index >= 15 is 0 Å². The molecule has 3 N–H and O–H groups in total. The largest absolute Gasteiger partial charge is 0.504 e. The van der Waals surface area contributed by atoms with E-state index in [4.69, 9.17) is 10.5 Å². The van der Waals surface area contributed by atoms with Crippen LogP contribution < -0.4 is 10.5 Å². The summed E-state index contributed by atoms with van der Waals surface area (Å²) in [5.74, 6) is 0.0604. The van der Waals surface area contributed by atoms with Crippen LogP contribution in [0.15, 0.2) is 18.2 Å². The maximum Gasteiger partial charge on any atom is 0.166 e. The first-order valence-electron chi connectivity index (χ1n) is 4.28. The van der Waals surface area contributed by atoms with Crippen LogP contribution in [0.2, 0.25) is 0 Å². The van der Waals surface area contributed by atoms with Crippen molar-refractivity contribution in [1.82, 2.24) is 0 Å². The smallest absolute Gasteiger partial charge is 0.166 e. The minimum Gasteiger partial charge on any atom is -0.504 e. The van der Waals surface area contributed by atoms with Crippen molar-refractivity contribution in [2.75, 3.05) is 13.7 Å². The molecule has 0 saturated carbocycles. The number of para-hydroxylation sites is 1. The monoisotopic (exact) mass is 199 g/mol. The summed E-state index contributed by atoms with van der Waals surface area (Å²) in [5.41, 5.74) is 3.88. The van der Waals surface area contributed by atoms with Gasteiger partial charge in [0.1, 0.15) is 5.67 Å². The second-order valence-electron chi connectivity index (χ2n) is 3.26. The summed E-state index contributed by atoms with van der Waals surface area (Å²) in [7, 11) is 1.38. The Balaban J connectivity index is 3.27. The van der Waals surface area contributed by atoms with Crippen molar-refractivity contribution in [2.45, 2.75) is 12.6 Å². The lowest BCUT2D eigenvalue weighted by molar-refractivity contribution is 0.195. The third-order valence-corrected chi connectivity index (χ3v) is 2.14. The lowest BCUT2D eigenvalue weighted by atomic mass is 9.97. The average molecular weight is 199 g/mol. The maximum atomic E-state index is 13.9. The molecule has 1 unspecified atom stereocenters. The van der Waals surface area contributed by atoms with Gasteiger partial charge in [-0.05, 0) is 13.0 Å². The van der Waals surface area contributed by atoms with Crippen molar-refractivity contribution < 1.29 is 14.2 Å². The zero-order valence-electron chi connectivity index (χ0n) is 8.25. The Bertz CT molecular complexity index is 326. The molecule has 0 aliphatic heterocycles. The van der Waals surface area contributed by atoms with Gasteiger partial charge in [0.2, 0.25) is 0 Å². The first-order valence-corrected chi connectivity index (χ1v) is 4.28. The molecule has 1 atom stereocenters. The highest BCUT2D eigenvalue weighted by atomic mass is 19.1. The van der Waals surface area contributed by atoms with E-state index in [0.29, 0.717) is 0 Å². The molecule has 1 aromatic rings. The zero-order valence-corrected chi connectivity index (χ0v) is 8.25. The van der Waals surface area contributed by atoms with E-state index in [0.717, 1.165) is 0 Å². The average Bonchev–Trinajstić information content (AvgIpc) is 2.17. The van der Waals surface area contributed by atoms with Crippen molar-refractivity contribution >= 4 is 0 Å². The maximum absolute atomic E-state index is 13.9. The van der Waals surface area contributed by atoms with Crippen molar-refractivity contribution in [3.8, 4) is 11.5 Å². The molecule has 0 fully saturated rings. The molecular formula is C10H14FNO2. The molecule has 0 aromatic heterocycles. The minimum absolute atomic E-state index is 0.0812. The van der Waals surface area contributed by atoms with Crippen LogP contribution in [0.4, 0.5) is 4.39 Å². The number of alkyl halides is 1. The van der Waals surface area contributed by atoms with Gasteiger partial charge in [0.15, 0.2) is 11.5 Å². The molecule has 1 aromatic carbocycles. The van der Waals surface area contributed by atoms with Crippen LogP contribution in [0.1, 0.15) is 12.5 Å². The number of halogens is 1. The standard InChI is InChI=1S/C10H14FNO2/c1-10(11,6-12)7-4-3-5-8(13)9(7)14-2/h3-5,13H,6,12H2,1-2H3. The lowest BCUT2D eigenvalue weighted by Crippen LogP contribution is -2.27. The van der Waals surface area contributed by atoms with E-state index in [1.807, 2.05) is 0 Å².